The average molecular weight is 271 g/mol. The Morgan fingerprint density at radius 1 is 1.10 bits per heavy atom. The van der Waals surface area contributed by atoms with Crippen molar-refractivity contribution in [2.24, 2.45) is 5.92 Å². The Balaban J connectivity index is 1.60. The van der Waals surface area contributed by atoms with Crippen LogP contribution in [0.4, 0.5) is 0 Å². The maximum Gasteiger partial charge on any atom is 0.0594 e. The fraction of sp³-hybridized carbons (Fsp3) is 0.556. The predicted molar refractivity (Wildman–Crippen MR) is 82.8 cm³/mol. The molecule has 2 atom stereocenters. The van der Waals surface area contributed by atoms with Crippen molar-refractivity contribution in [2.45, 2.75) is 31.7 Å². The van der Waals surface area contributed by atoms with E-state index in [4.69, 9.17) is 4.74 Å². The largest absolute Gasteiger partial charge is 0.379 e. The summed E-state index contributed by atoms with van der Waals surface area (Å²) in [6, 6.07) is 11.5. The maximum atomic E-state index is 5.49. The van der Waals surface area contributed by atoms with Gasteiger partial charge in [-0.3, -0.25) is 4.90 Å². The molecule has 3 rings (SSSR count). The van der Waals surface area contributed by atoms with E-state index >= 15 is 0 Å². The van der Waals surface area contributed by atoms with Crippen LogP contribution >= 0.6 is 0 Å². The fourth-order valence-corrected chi connectivity index (χ4v) is 3.48. The number of hydrogen-bond acceptors (Lipinski definition) is 2. The average Bonchev–Trinajstić information content (AvgIpc) is 2.55. The molecular formula is C18H25NO. The highest BCUT2D eigenvalue weighted by Crippen LogP contribution is 2.28. The van der Waals surface area contributed by atoms with E-state index < -0.39 is 0 Å². The third kappa shape index (κ3) is 3.50. The van der Waals surface area contributed by atoms with Crippen molar-refractivity contribution in [3.05, 3.63) is 48.0 Å². The molecule has 2 heteroatoms. The van der Waals surface area contributed by atoms with Gasteiger partial charge in [0.15, 0.2) is 0 Å². The molecule has 0 bridgehead atoms. The summed E-state index contributed by atoms with van der Waals surface area (Å²) in [7, 11) is 0. The van der Waals surface area contributed by atoms with Crippen LogP contribution in [0.25, 0.3) is 0 Å². The molecule has 1 heterocycles. The third-order valence-electron chi connectivity index (χ3n) is 4.63. The van der Waals surface area contributed by atoms with Crippen LogP contribution < -0.4 is 0 Å². The second-order valence-electron chi connectivity index (χ2n) is 5.93. The quantitative estimate of drug-likeness (QED) is 0.779. The molecule has 1 aliphatic carbocycles. The Morgan fingerprint density at radius 2 is 1.90 bits per heavy atom. The minimum absolute atomic E-state index is 0.636. The third-order valence-corrected chi connectivity index (χ3v) is 4.63. The first-order valence-electron chi connectivity index (χ1n) is 7.96. The SMILES string of the molecule is C1=C[C@H](N2CCOCC2)[C@H](CCc2ccccc2)CC1. The van der Waals surface area contributed by atoms with Gasteiger partial charge in [0.2, 0.25) is 0 Å². The lowest BCUT2D eigenvalue weighted by atomic mass is 9.84. The minimum atomic E-state index is 0.636. The standard InChI is InChI=1S/C18H25NO/c1-2-6-16(7-3-1)10-11-17-8-4-5-9-18(17)19-12-14-20-15-13-19/h1-3,5-7,9,17-18H,4,8,10-15H2/t17-,18-/m0/s1. The van der Waals surface area contributed by atoms with E-state index in [9.17, 15) is 0 Å². The first-order valence-corrected chi connectivity index (χ1v) is 7.96. The van der Waals surface area contributed by atoms with E-state index in [1.807, 2.05) is 0 Å². The highest BCUT2D eigenvalue weighted by atomic mass is 16.5. The lowest BCUT2D eigenvalue weighted by Gasteiger charge is -2.39. The lowest BCUT2D eigenvalue weighted by Crippen LogP contribution is -2.46. The molecule has 0 amide bonds. The predicted octanol–water partition coefficient (Wildman–Crippen LogP) is 3.29. The van der Waals surface area contributed by atoms with Crippen LogP contribution in [0.2, 0.25) is 0 Å². The number of benzene rings is 1. The summed E-state index contributed by atoms with van der Waals surface area (Å²) in [5.41, 5.74) is 1.47. The van der Waals surface area contributed by atoms with Crippen LogP contribution in [0.5, 0.6) is 0 Å². The van der Waals surface area contributed by atoms with E-state index in [1.54, 1.807) is 0 Å². The van der Waals surface area contributed by atoms with Gasteiger partial charge in [-0.1, -0.05) is 42.5 Å². The molecule has 0 unspecified atom stereocenters. The molecule has 1 aromatic carbocycles. The summed E-state index contributed by atoms with van der Waals surface area (Å²) in [6.45, 7) is 3.99. The number of hydrogen-bond donors (Lipinski definition) is 0. The summed E-state index contributed by atoms with van der Waals surface area (Å²) in [5, 5.41) is 0. The molecule has 0 radical (unpaired) electrons. The molecule has 108 valence electrons. The fourth-order valence-electron chi connectivity index (χ4n) is 3.48. The van der Waals surface area contributed by atoms with Gasteiger partial charge >= 0.3 is 0 Å². The number of aryl methyl sites for hydroxylation is 1. The number of ether oxygens (including phenoxy) is 1. The highest BCUT2D eigenvalue weighted by molar-refractivity contribution is 5.15. The van der Waals surface area contributed by atoms with Crippen molar-refractivity contribution in [1.82, 2.24) is 4.90 Å². The minimum Gasteiger partial charge on any atom is -0.379 e. The van der Waals surface area contributed by atoms with Crippen LogP contribution in [0, 0.1) is 5.92 Å². The first kappa shape index (κ1) is 13.8. The lowest BCUT2D eigenvalue weighted by molar-refractivity contribution is 0.0113. The number of allylic oxidation sites excluding steroid dienone is 1. The van der Waals surface area contributed by atoms with Crippen molar-refractivity contribution in [3.63, 3.8) is 0 Å². The van der Waals surface area contributed by atoms with Crippen LogP contribution in [0.15, 0.2) is 42.5 Å². The summed E-state index contributed by atoms with van der Waals surface area (Å²) < 4.78 is 5.49. The van der Waals surface area contributed by atoms with E-state index in [0.29, 0.717) is 6.04 Å². The zero-order chi connectivity index (χ0) is 13.6. The van der Waals surface area contributed by atoms with Crippen molar-refractivity contribution in [3.8, 4) is 0 Å². The van der Waals surface area contributed by atoms with Crippen molar-refractivity contribution in [1.29, 1.82) is 0 Å². The topological polar surface area (TPSA) is 12.5 Å². The molecule has 2 aliphatic rings. The van der Waals surface area contributed by atoms with Crippen molar-refractivity contribution in [2.75, 3.05) is 26.3 Å². The number of morpholine rings is 1. The monoisotopic (exact) mass is 271 g/mol. The van der Waals surface area contributed by atoms with Crippen LogP contribution in [0.1, 0.15) is 24.8 Å². The summed E-state index contributed by atoms with van der Waals surface area (Å²) in [6.07, 6.45) is 9.92. The highest BCUT2D eigenvalue weighted by Gasteiger charge is 2.27. The molecule has 1 aliphatic heterocycles. The van der Waals surface area contributed by atoms with Crippen LogP contribution in [-0.4, -0.2) is 37.2 Å². The molecule has 1 saturated heterocycles. The molecule has 1 aromatic rings. The number of nitrogens with zero attached hydrogens (tertiary/aromatic N) is 1. The van der Waals surface area contributed by atoms with Crippen molar-refractivity contribution < 1.29 is 4.74 Å². The van der Waals surface area contributed by atoms with Gasteiger partial charge < -0.3 is 4.74 Å². The van der Waals surface area contributed by atoms with Crippen LogP contribution in [-0.2, 0) is 11.2 Å². The molecule has 20 heavy (non-hydrogen) atoms. The Hall–Kier alpha value is -1.12. The molecule has 2 nitrogen and oxygen atoms in total. The van der Waals surface area contributed by atoms with E-state index in [-0.39, 0.29) is 0 Å². The van der Waals surface area contributed by atoms with Gasteiger partial charge in [0.05, 0.1) is 13.2 Å². The second-order valence-corrected chi connectivity index (χ2v) is 5.93. The Labute approximate surface area is 122 Å². The van der Waals surface area contributed by atoms with Gasteiger partial charge in [-0.2, -0.15) is 0 Å². The Morgan fingerprint density at radius 3 is 2.70 bits per heavy atom. The molecule has 0 N–H and O–H groups in total. The summed E-state index contributed by atoms with van der Waals surface area (Å²) >= 11 is 0. The van der Waals surface area contributed by atoms with E-state index in [1.165, 1.54) is 31.2 Å². The zero-order valence-corrected chi connectivity index (χ0v) is 12.2. The Kier molecular flexibility index (Phi) is 4.88. The van der Waals surface area contributed by atoms with Gasteiger partial charge in [-0.05, 0) is 37.2 Å². The van der Waals surface area contributed by atoms with E-state index in [0.717, 1.165) is 32.2 Å². The normalized spacial score (nSPS) is 27.6. The van der Waals surface area contributed by atoms with E-state index in [2.05, 4.69) is 47.4 Å². The molecule has 0 aromatic heterocycles. The van der Waals surface area contributed by atoms with Crippen molar-refractivity contribution >= 4 is 0 Å². The van der Waals surface area contributed by atoms with Gasteiger partial charge in [-0.15, -0.1) is 0 Å². The second kappa shape index (κ2) is 7.05. The van der Waals surface area contributed by atoms with Gasteiger partial charge in [0.1, 0.15) is 0 Å². The smallest absolute Gasteiger partial charge is 0.0594 e. The molecule has 1 fully saturated rings. The van der Waals surface area contributed by atoms with Gasteiger partial charge in [-0.25, -0.2) is 0 Å². The zero-order valence-electron chi connectivity index (χ0n) is 12.2. The van der Waals surface area contributed by atoms with Crippen LogP contribution in [0.3, 0.4) is 0 Å². The summed E-state index contributed by atoms with van der Waals surface area (Å²) in [5.74, 6) is 0.804. The maximum absolute atomic E-state index is 5.49. The molecule has 0 saturated carbocycles. The number of rotatable bonds is 4. The molecule has 0 spiro atoms. The van der Waals surface area contributed by atoms with Gasteiger partial charge in [0, 0.05) is 19.1 Å². The van der Waals surface area contributed by atoms with Gasteiger partial charge in [0.25, 0.3) is 0 Å². The molecular weight excluding hydrogens is 246 g/mol. The summed E-state index contributed by atoms with van der Waals surface area (Å²) in [4.78, 5) is 2.62. The Bertz CT molecular complexity index is 422. The first-order chi connectivity index (χ1) is 9.93.